The predicted molar refractivity (Wildman–Crippen MR) is 76.7 cm³/mol. The molecule has 2 rings (SSSR count). The van der Waals surface area contributed by atoms with Gasteiger partial charge in [0.25, 0.3) is 0 Å². The summed E-state index contributed by atoms with van der Waals surface area (Å²) in [6, 6.07) is 4.84. The molecule has 0 atom stereocenters. The first kappa shape index (κ1) is 14.5. The van der Waals surface area contributed by atoms with Crippen LogP contribution in [0.15, 0.2) is 18.2 Å². The lowest BCUT2D eigenvalue weighted by atomic mass is 10.0. The molecule has 2 aromatic rings. The van der Waals surface area contributed by atoms with E-state index in [2.05, 4.69) is 15.0 Å². The zero-order chi connectivity index (χ0) is 14.7. The van der Waals surface area contributed by atoms with Crippen LogP contribution in [0.2, 0.25) is 0 Å². The van der Waals surface area contributed by atoms with E-state index >= 15 is 0 Å². The van der Waals surface area contributed by atoms with Gasteiger partial charge in [-0.25, -0.2) is 0 Å². The smallest absolute Gasteiger partial charge is 0.387 e. The second-order valence-corrected chi connectivity index (χ2v) is 4.50. The number of pyridine rings is 1. The van der Waals surface area contributed by atoms with Gasteiger partial charge in [0.15, 0.2) is 0 Å². The third-order valence-corrected chi connectivity index (χ3v) is 3.21. The number of nitrogens with one attached hydrogen (secondary N) is 1. The Balaban J connectivity index is 2.62. The van der Waals surface area contributed by atoms with Gasteiger partial charge in [0.1, 0.15) is 5.75 Å². The van der Waals surface area contributed by atoms with Gasteiger partial charge in [-0.2, -0.15) is 8.78 Å². The largest absolute Gasteiger partial charge is 0.435 e. The number of aryl methyl sites for hydroxylation is 1. The van der Waals surface area contributed by atoms with Crippen molar-refractivity contribution >= 4 is 16.6 Å². The number of anilines is 1. The zero-order valence-corrected chi connectivity index (χ0v) is 11.8. The Morgan fingerprint density at radius 3 is 2.65 bits per heavy atom. The van der Waals surface area contributed by atoms with Crippen molar-refractivity contribution in [3.63, 3.8) is 0 Å². The molecule has 0 unspecified atom stereocenters. The fraction of sp³-hybridized carbons (Fsp3) is 0.400. The highest BCUT2D eigenvalue weighted by molar-refractivity contribution is 5.94. The number of hydrogen-bond donors (Lipinski definition) is 1. The molecule has 0 amide bonds. The number of alkyl halides is 2. The number of aromatic nitrogens is 1. The van der Waals surface area contributed by atoms with Crippen LogP contribution >= 0.6 is 0 Å². The van der Waals surface area contributed by atoms with E-state index in [4.69, 9.17) is 0 Å². The molecule has 0 saturated heterocycles. The minimum atomic E-state index is -2.82. The summed E-state index contributed by atoms with van der Waals surface area (Å²) in [5.74, 6) is 0.150. The molecular weight excluding hydrogens is 262 g/mol. The average Bonchev–Trinajstić information content (AvgIpc) is 2.41. The van der Waals surface area contributed by atoms with E-state index in [1.165, 1.54) is 6.07 Å². The highest BCUT2D eigenvalue weighted by Gasteiger charge is 2.12. The van der Waals surface area contributed by atoms with Gasteiger partial charge in [-0.1, -0.05) is 6.92 Å². The average molecular weight is 280 g/mol. The Morgan fingerprint density at radius 2 is 2.05 bits per heavy atom. The van der Waals surface area contributed by atoms with Crippen LogP contribution in [0.4, 0.5) is 14.5 Å². The molecule has 0 fully saturated rings. The van der Waals surface area contributed by atoms with E-state index in [9.17, 15) is 8.78 Å². The Morgan fingerprint density at radius 1 is 1.30 bits per heavy atom. The summed E-state index contributed by atoms with van der Waals surface area (Å²) in [7, 11) is 0. The molecule has 0 spiro atoms. The quantitative estimate of drug-likeness (QED) is 0.893. The van der Waals surface area contributed by atoms with E-state index in [0.717, 1.165) is 40.8 Å². The number of halogens is 2. The minimum absolute atomic E-state index is 0.150. The van der Waals surface area contributed by atoms with Crippen LogP contribution < -0.4 is 10.1 Å². The van der Waals surface area contributed by atoms with Crippen LogP contribution in [-0.4, -0.2) is 18.1 Å². The molecule has 1 aromatic heterocycles. The van der Waals surface area contributed by atoms with Crippen molar-refractivity contribution in [1.29, 1.82) is 0 Å². The van der Waals surface area contributed by atoms with E-state index < -0.39 is 6.61 Å². The molecule has 108 valence electrons. The third kappa shape index (κ3) is 2.81. The second kappa shape index (κ2) is 6.03. The first-order valence-electron chi connectivity index (χ1n) is 6.68. The van der Waals surface area contributed by atoms with Gasteiger partial charge in [0, 0.05) is 23.3 Å². The van der Waals surface area contributed by atoms with Crippen LogP contribution in [0, 0.1) is 6.92 Å². The first-order chi connectivity index (χ1) is 9.56. The van der Waals surface area contributed by atoms with Gasteiger partial charge >= 0.3 is 6.61 Å². The Bertz CT molecular complexity index is 614. The van der Waals surface area contributed by atoms with Crippen molar-refractivity contribution in [2.24, 2.45) is 0 Å². The minimum Gasteiger partial charge on any atom is -0.435 e. The summed E-state index contributed by atoms with van der Waals surface area (Å²) < 4.78 is 29.1. The molecule has 1 aromatic carbocycles. The third-order valence-electron chi connectivity index (χ3n) is 3.21. The van der Waals surface area contributed by atoms with Crippen molar-refractivity contribution in [2.75, 3.05) is 11.9 Å². The van der Waals surface area contributed by atoms with Gasteiger partial charge < -0.3 is 10.1 Å². The standard InChI is InChI=1S/C15H18F2N2O/c1-4-12-9(3)14(18-5-2)11-8-10(20-15(16)17)6-7-13(11)19-12/h6-8,15H,4-5H2,1-3H3,(H,18,19). The molecule has 0 aliphatic carbocycles. The summed E-state index contributed by atoms with van der Waals surface area (Å²) in [5, 5.41) is 4.10. The van der Waals surface area contributed by atoms with Crippen LogP contribution in [0.25, 0.3) is 10.9 Å². The van der Waals surface area contributed by atoms with Crippen LogP contribution in [0.5, 0.6) is 5.75 Å². The molecule has 0 radical (unpaired) electrons. The molecule has 0 aliphatic heterocycles. The maximum absolute atomic E-state index is 12.3. The molecule has 3 nitrogen and oxygen atoms in total. The fourth-order valence-electron chi connectivity index (χ4n) is 2.31. The summed E-state index contributed by atoms with van der Waals surface area (Å²) in [6.07, 6.45) is 0.829. The van der Waals surface area contributed by atoms with Crippen molar-refractivity contribution in [3.8, 4) is 5.75 Å². The van der Waals surface area contributed by atoms with Crippen LogP contribution in [0.3, 0.4) is 0 Å². The second-order valence-electron chi connectivity index (χ2n) is 4.50. The fourth-order valence-corrected chi connectivity index (χ4v) is 2.31. The maximum atomic E-state index is 12.3. The van der Waals surface area contributed by atoms with E-state index in [-0.39, 0.29) is 5.75 Å². The summed E-state index contributed by atoms with van der Waals surface area (Å²) in [6.45, 7) is 3.97. The maximum Gasteiger partial charge on any atom is 0.387 e. The summed E-state index contributed by atoms with van der Waals surface area (Å²) in [5.41, 5.74) is 3.78. The Kier molecular flexibility index (Phi) is 4.37. The van der Waals surface area contributed by atoms with E-state index in [1.54, 1.807) is 12.1 Å². The molecule has 0 bridgehead atoms. The predicted octanol–water partition coefficient (Wildman–Crippen LogP) is 4.14. The van der Waals surface area contributed by atoms with Crippen molar-refractivity contribution in [1.82, 2.24) is 4.98 Å². The lowest BCUT2D eigenvalue weighted by Crippen LogP contribution is -2.05. The van der Waals surface area contributed by atoms with Crippen molar-refractivity contribution < 1.29 is 13.5 Å². The van der Waals surface area contributed by atoms with E-state index in [1.807, 2.05) is 20.8 Å². The van der Waals surface area contributed by atoms with Gasteiger partial charge in [-0.3, -0.25) is 4.98 Å². The Hall–Kier alpha value is -1.91. The normalized spacial score (nSPS) is 11.1. The van der Waals surface area contributed by atoms with E-state index in [0.29, 0.717) is 0 Å². The van der Waals surface area contributed by atoms with Crippen LogP contribution in [0.1, 0.15) is 25.1 Å². The van der Waals surface area contributed by atoms with Crippen LogP contribution in [-0.2, 0) is 6.42 Å². The van der Waals surface area contributed by atoms with Gasteiger partial charge in [-0.05, 0) is 44.0 Å². The van der Waals surface area contributed by atoms with Crippen molar-refractivity contribution in [3.05, 3.63) is 29.5 Å². The topological polar surface area (TPSA) is 34.2 Å². The SMILES string of the molecule is CCNc1c(C)c(CC)nc2ccc(OC(F)F)cc12. The monoisotopic (exact) mass is 280 g/mol. The van der Waals surface area contributed by atoms with Crippen molar-refractivity contribution in [2.45, 2.75) is 33.8 Å². The van der Waals surface area contributed by atoms with Gasteiger partial charge in [0.2, 0.25) is 0 Å². The lowest BCUT2D eigenvalue weighted by molar-refractivity contribution is -0.0497. The number of benzene rings is 1. The molecular formula is C15H18F2N2O. The highest BCUT2D eigenvalue weighted by atomic mass is 19.3. The molecule has 1 heterocycles. The van der Waals surface area contributed by atoms with Gasteiger partial charge in [-0.15, -0.1) is 0 Å². The summed E-state index contributed by atoms with van der Waals surface area (Å²) in [4.78, 5) is 4.57. The summed E-state index contributed by atoms with van der Waals surface area (Å²) >= 11 is 0. The molecule has 1 N–H and O–H groups in total. The molecule has 20 heavy (non-hydrogen) atoms. The molecule has 0 saturated carbocycles. The molecule has 0 aliphatic rings. The number of ether oxygens (including phenoxy) is 1. The number of nitrogens with zero attached hydrogens (tertiary/aromatic N) is 1. The zero-order valence-electron chi connectivity index (χ0n) is 11.8. The number of fused-ring (bicyclic) bond motifs is 1. The first-order valence-corrected chi connectivity index (χ1v) is 6.68. The lowest BCUT2D eigenvalue weighted by Gasteiger charge is -2.15. The number of hydrogen-bond acceptors (Lipinski definition) is 3. The molecule has 5 heteroatoms. The Labute approximate surface area is 117 Å². The van der Waals surface area contributed by atoms with Gasteiger partial charge in [0.05, 0.1) is 5.52 Å². The number of rotatable bonds is 5. The highest BCUT2D eigenvalue weighted by Crippen LogP contribution is 2.31.